The van der Waals surface area contributed by atoms with Gasteiger partial charge in [0.15, 0.2) is 6.10 Å². The molecule has 1 heterocycles. The smallest absolute Gasteiger partial charge is 0.349 e. The normalized spacial score (nSPS) is 14.6. The number of nitrogens with two attached hydrogens (primary N) is 1. The van der Waals surface area contributed by atoms with Crippen molar-refractivity contribution < 1.29 is 19.1 Å². The van der Waals surface area contributed by atoms with E-state index in [1.807, 2.05) is 11.4 Å². The van der Waals surface area contributed by atoms with Crippen LogP contribution in [0.15, 0.2) is 6.07 Å². The van der Waals surface area contributed by atoms with Crippen molar-refractivity contribution in [1.82, 2.24) is 5.32 Å². The second-order valence-electron chi connectivity index (χ2n) is 4.31. The Kier molecular flexibility index (Phi) is 3.84. The number of imide groups is 1. The van der Waals surface area contributed by atoms with E-state index < -0.39 is 24.0 Å². The van der Waals surface area contributed by atoms with E-state index in [0.29, 0.717) is 4.88 Å². The van der Waals surface area contributed by atoms with Gasteiger partial charge in [0.1, 0.15) is 4.88 Å². The minimum absolute atomic E-state index is 0.489. The Labute approximate surface area is 113 Å². The van der Waals surface area contributed by atoms with E-state index in [-0.39, 0.29) is 0 Å². The third kappa shape index (κ3) is 3.11. The fourth-order valence-electron chi connectivity index (χ4n) is 1.92. The van der Waals surface area contributed by atoms with E-state index in [2.05, 4.69) is 0 Å². The zero-order valence-corrected chi connectivity index (χ0v) is 11.2. The molecule has 0 spiro atoms. The van der Waals surface area contributed by atoms with Crippen LogP contribution in [-0.4, -0.2) is 24.0 Å². The average molecular weight is 282 g/mol. The number of hydrogen-bond acceptors (Lipinski definition) is 5. The van der Waals surface area contributed by atoms with Crippen molar-refractivity contribution in [3.8, 4) is 0 Å². The Bertz CT molecular complexity index is 516. The first-order valence-corrected chi connectivity index (χ1v) is 6.72. The third-order valence-electron chi connectivity index (χ3n) is 2.85. The van der Waals surface area contributed by atoms with Crippen molar-refractivity contribution >= 4 is 29.2 Å². The van der Waals surface area contributed by atoms with E-state index in [0.717, 1.165) is 19.3 Å². The molecule has 6 nitrogen and oxygen atoms in total. The molecule has 0 aliphatic heterocycles. The van der Waals surface area contributed by atoms with Crippen LogP contribution in [0.1, 0.15) is 33.5 Å². The number of nitrogens with one attached hydrogen (secondary N) is 1. The summed E-state index contributed by atoms with van der Waals surface area (Å²) in [6.45, 7) is 1.39. The average Bonchev–Trinajstić information content (AvgIpc) is 2.87. The Morgan fingerprint density at radius 1 is 1.42 bits per heavy atom. The number of aryl methyl sites for hydroxylation is 2. The summed E-state index contributed by atoms with van der Waals surface area (Å²) in [5.41, 5.74) is 6.00. The number of amides is 3. The largest absolute Gasteiger partial charge is 0.448 e. The van der Waals surface area contributed by atoms with Crippen molar-refractivity contribution in [2.24, 2.45) is 5.73 Å². The van der Waals surface area contributed by atoms with E-state index in [1.165, 1.54) is 28.7 Å². The lowest BCUT2D eigenvalue weighted by molar-refractivity contribution is -0.127. The SMILES string of the molecule is C[C@H](OC(=O)c1cc2c(s1)CCC2)C(=O)NC(N)=O. The van der Waals surface area contributed by atoms with Gasteiger partial charge in [-0.1, -0.05) is 0 Å². The summed E-state index contributed by atoms with van der Waals surface area (Å²) < 4.78 is 4.99. The van der Waals surface area contributed by atoms with Crippen LogP contribution < -0.4 is 11.1 Å². The maximum Gasteiger partial charge on any atom is 0.349 e. The maximum atomic E-state index is 11.8. The first-order valence-electron chi connectivity index (χ1n) is 5.90. The lowest BCUT2D eigenvalue weighted by Gasteiger charge is -2.10. The number of carbonyl (C=O) groups excluding carboxylic acids is 3. The van der Waals surface area contributed by atoms with E-state index in [1.54, 1.807) is 0 Å². The summed E-state index contributed by atoms with van der Waals surface area (Å²) in [6.07, 6.45) is 2.03. The maximum absolute atomic E-state index is 11.8. The molecule has 0 saturated carbocycles. The Morgan fingerprint density at radius 2 is 2.16 bits per heavy atom. The topological polar surface area (TPSA) is 98.5 Å². The lowest BCUT2D eigenvalue weighted by Crippen LogP contribution is -2.42. The van der Waals surface area contributed by atoms with E-state index in [9.17, 15) is 14.4 Å². The number of rotatable bonds is 3. The standard InChI is InChI=1S/C12H14N2O4S/c1-6(10(15)14-12(13)17)18-11(16)9-5-7-3-2-4-8(7)19-9/h5-6H,2-4H2,1H3,(H3,13,14,15,17)/t6-/m0/s1. The van der Waals surface area contributed by atoms with Crippen molar-refractivity contribution in [2.45, 2.75) is 32.3 Å². The second-order valence-corrected chi connectivity index (χ2v) is 5.45. The first-order chi connectivity index (χ1) is 8.97. The molecule has 1 aromatic rings. The minimum atomic E-state index is -1.06. The first kappa shape index (κ1) is 13.5. The minimum Gasteiger partial charge on any atom is -0.448 e. The van der Waals surface area contributed by atoms with Gasteiger partial charge in [-0.05, 0) is 37.8 Å². The van der Waals surface area contributed by atoms with Crippen molar-refractivity contribution in [3.63, 3.8) is 0 Å². The van der Waals surface area contributed by atoms with Gasteiger partial charge < -0.3 is 10.5 Å². The predicted octanol–water partition coefficient (Wildman–Crippen LogP) is 0.977. The molecule has 1 aliphatic rings. The molecular weight excluding hydrogens is 268 g/mol. The molecular formula is C12H14N2O4S. The van der Waals surface area contributed by atoms with Crippen molar-refractivity contribution in [3.05, 3.63) is 21.4 Å². The fraction of sp³-hybridized carbons (Fsp3) is 0.417. The van der Waals surface area contributed by atoms with Gasteiger partial charge in [0, 0.05) is 4.88 Å². The van der Waals surface area contributed by atoms with Crippen LogP contribution in [0, 0.1) is 0 Å². The second kappa shape index (κ2) is 5.40. The van der Waals surface area contributed by atoms with Crippen LogP contribution in [0.4, 0.5) is 4.79 Å². The van der Waals surface area contributed by atoms with Gasteiger partial charge in [0.2, 0.25) is 0 Å². The van der Waals surface area contributed by atoms with E-state index >= 15 is 0 Å². The van der Waals surface area contributed by atoms with Crippen LogP contribution in [0.2, 0.25) is 0 Å². The van der Waals surface area contributed by atoms with E-state index in [4.69, 9.17) is 10.5 Å². The number of thiophene rings is 1. The van der Waals surface area contributed by atoms with Crippen molar-refractivity contribution in [2.75, 3.05) is 0 Å². The zero-order valence-electron chi connectivity index (χ0n) is 10.4. The number of primary amides is 1. The fourth-order valence-corrected chi connectivity index (χ4v) is 3.06. The summed E-state index contributed by atoms with van der Waals surface area (Å²) in [6, 6.07) is 0.844. The molecule has 1 atom stereocenters. The monoisotopic (exact) mass is 282 g/mol. The zero-order chi connectivity index (χ0) is 14.0. The molecule has 3 amide bonds. The number of hydrogen-bond donors (Lipinski definition) is 2. The quantitative estimate of drug-likeness (QED) is 0.807. The number of carbonyl (C=O) groups is 3. The molecule has 1 aromatic heterocycles. The van der Waals surface area contributed by atoms with Gasteiger partial charge in [0.05, 0.1) is 0 Å². The molecule has 19 heavy (non-hydrogen) atoms. The van der Waals surface area contributed by atoms with Gasteiger partial charge in [-0.2, -0.15) is 0 Å². The molecule has 0 radical (unpaired) electrons. The summed E-state index contributed by atoms with van der Waals surface area (Å²) in [5, 5.41) is 1.86. The highest BCUT2D eigenvalue weighted by Crippen LogP contribution is 2.31. The number of ether oxygens (including phenoxy) is 1. The molecule has 2 rings (SSSR count). The summed E-state index contributed by atoms with van der Waals surface area (Å²) >= 11 is 1.40. The number of fused-ring (bicyclic) bond motifs is 1. The van der Waals surface area contributed by atoms with Crippen LogP contribution in [-0.2, 0) is 22.4 Å². The van der Waals surface area contributed by atoms with Crippen LogP contribution in [0.25, 0.3) is 0 Å². The van der Waals surface area contributed by atoms with Crippen LogP contribution in [0.3, 0.4) is 0 Å². The van der Waals surface area contributed by atoms with Gasteiger partial charge in [-0.25, -0.2) is 9.59 Å². The van der Waals surface area contributed by atoms with Gasteiger partial charge in [-0.3, -0.25) is 10.1 Å². The predicted molar refractivity (Wildman–Crippen MR) is 68.9 cm³/mol. The molecule has 0 bridgehead atoms. The Balaban J connectivity index is 1.96. The Hall–Kier alpha value is -1.89. The highest BCUT2D eigenvalue weighted by atomic mass is 32.1. The molecule has 102 valence electrons. The number of esters is 1. The summed E-state index contributed by atoms with van der Waals surface area (Å²) in [7, 11) is 0. The third-order valence-corrected chi connectivity index (χ3v) is 4.06. The molecule has 7 heteroatoms. The van der Waals surface area contributed by atoms with Gasteiger partial charge in [-0.15, -0.1) is 11.3 Å². The Morgan fingerprint density at radius 3 is 2.79 bits per heavy atom. The van der Waals surface area contributed by atoms with Crippen LogP contribution in [0.5, 0.6) is 0 Å². The lowest BCUT2D eigenvalue weighted by atomic mass is 10.2. The summed E-state index contributed by atoms with van der Waals surface area (Å²) in [4.78, 5) is 35.4. The highest BCUT2D eigenvalue weighted by Gasteiger charge is 2.23. The molecule has 0 aromatic carbocycles. The van der Waals surface area contributed by atoms with Crippen LogP contribution >= 0.6 is 11.3 Å². The molecule has 1 aliphatic carbocycles. The molecule has 0 fully saturated rings. The molecule has 0 saturated heterocycles. The molecule has 3 N–H and O–H groups in total. The summed E-state index contributed by atoms with van der Waals surface area (Å²) in [5.74, 6) is -1.28. The highest BCUT2D eigenvalue weighted by molar-refractivity contribution is 7.14. The van der Waals surface area contributed by atoms with Gasteiger partial charge in [0.25, 0.3) is 5.91 Å². The van der Waals surface area contributed by atoms with Gasteiger partial charge >= 0.3 is 12.0 Å². The van der Waals surface area contributed by atoms with Crippen molar-refractivity contribution in [1.29, 1.82) is 0 Å². The number of urea groups is 1. The molecule has 0 unspecified atom stereocenters.